The fourth-order valence-electron chi connectivity index (χ4n) is 8.85. The summed E-state index contributed by atoms with van der Waals surface area (Å²) in [7, 11) is 0. The molecule has 0 fully saturated rings. The number of rotatable bonds is 6. The van der Waals surface area contributed by atoms with E-state index in [0.29, 0.717) is 5.56 Å². The highest BCUT2D eigenvalue weighted by Crippen LogP contribution is 2.51. The highest BCUT2D eigenvalue weighted by Gasteiger charge is 2.27. The van der Waals surface area contributed by atoms with Crippen molar-refractivity contribution in [1.29, 1.82) is 0 Å². The van der Waals surface area contributed by atoms with Crippen molar-refractivity contribution in [3.05, 3.63) is 218 Å². The Morgan fingerprint density at radius 2 is 0.934 bits per heavy atom. The Kier molecular flexibility index (Phi) is 6.64. The molecule has 0 N–H and O–H groups in total. The summed E-state index contributed by atoms with van der Waals surface area (Å²) < 4.78 is 68.2. The third kappa shape index (κ3) is 5.82. The van der Waals surface area contributed by atoms with E-state index in [0.717, 1.165) is 83.0 Å². The fourth-order valence-corrected chi connectivity index (χ4v) is 8.85. The van der Waals surface area contributed by atoms with E-state index in [2.05, 4.69) is 126 Å². The molecule has 3 heteroatoms. The lowest BCUT2D eigenvalue weighted by Crippen LogP contribution is -1.91. The second-order valence-electron chi connectivity index (χ2n) is 15.1. The quantitative estimate of drug-likeness (QED) is 0.158. The van der Waals surface area contributed by atoms with E-state index in [4.69, 9.17) is 17.6 Å². The maximum atomic E-state index is 9.21. The van der Waals surface area contributed by atoms with Crippen molar-refractivity contribution in [2.75, 3.05) is 0 Å². The summed E-state index contributed by atoms with van der Waals surface area (Å²) >= 11 is 0. The monoisotopic (exact) mass is 783 g/mol. The average molecular weight is 784 g/mol. The van der Waals surface area contributed by atoms with Crippen LogP contribution in [-0.4, -0.2) is 9.97 Å². The predicted octanol–water partition coefficient (Wildman–Crippen LogP) is 15.8. The van der Waals surface area contributed by atoms with Crippen LogP contribution in [0, 0.1) is 0 Å². The average Bonchev–Trinajstić information content (AvgIpc) is 3.79. The van der Waals surface area contributed by atoms with Gasteiger partial charge in [0.1, 0.15) is 11.5 Å². The van der Waals surface area contributed by atoms with Crippen molar-refractivity contribution in [1.82, 2.24) is 9.97 Å². The zero-order chi connectivity index (χ0) is 46.4. The molecular formula is C58H36N2O. The van der Waals surface area contributed by atoms with E-state index >= 15 is 0 Å². The second-order valence-corrected chi connectivity index (χ2v) is 15.1. The Morgan fingerprint density at radius 1 is 0.377 bits per heavy atom. The number of benzene rings is 9. The van der Waals surface area contributed by atoms with Gasteiger partial charge in [0.05, 0.1) is 26.3 Å². The molecule has 0 saturated heterocycles. The normalized spacial score (nSPS) is 13.2. The molecule has 284 valence electrons. The van der Waals surface area contributed by atoms with Crippen LogP contribution in [0.15, 0.2) is 223 Å². The smallest absolute Gasteiger partial charge is 0.143 e. The molecular weight excluding hydrogens is 741 g/mol. The summed E-state index contributed by atoms with van der Waals surface area (Å²) in [6.07, 6.45) is -0.470. The molecule has 0 spiro atoms. The van der Waals surface area contributed by atoms with Crippen LogP contribution in [0.2, 0.25) is 0 Å². The summed E-state index contributed by atoms with van der Waals surface area (Å²) in [5, 5.41) is 6.03. The van der Waals surface area contributed by atoms with E-state index < -0.39 is 24.3 Å². The Labute approximate surface area is 362 Å². The van der Waals surface area contributed by atoms with Gasteiger partial charge in [0.15, 0.2) is 0 Å². The van der Waals surface area contributed by atoms with Gasteiger partial charge in [-0.05, 0) is 78.8 Å². The highest BCUT2D eigenvalue weighted by molar-refractivity contribution is 6.16. The third-order valence-corrected chi connectivity index (χ3v) is 11.6. The van der Waals surface area contributed by atoms with Crippen molar-refractivity contribution in [3.63, 3.8) is 0 Å². The standard InChI is InChI=1S/C58H36N2O/c1-3-15-37(16-4-1)53-54(38-17-5-2-6-18-38)58(51-36-42-19-7-8-23-44(42)46-24-10-12-27-49(46)51)61-57(53)43-21-13-20-41(35-43)45-31-32-50(48-26-11-9-25-47(45)48)52-33-30-40-29-28-39-22-14-34-59-55(39)56(40)60-52/h1-36H/i14D,22D,28D,29D,30D,33D,34D. The first-order chi connectivity index (χ1) is 33.2. The Morgan fingerprint density at radius 3 is 1.69 bits per heavy atom. The van der Waals surface area contributed by atoms with Gasteiger partial charge in [0.25, 0.3) is 0 Å². The van der Waals surface area contributed by atoms with Gasteiger partial charge in [-0.15, -0.1) is 0 Å². The highest BCUT2D eigenvalue weighted by atomic mass is 16.3. The van der Waals surface area contributed by atoms with Gasteiger partial charge >= 0.3 is 0 Å². The summed E-state index contributed by atoms with van der Waals surface area (Å²) in [5.41, 5.74) is 8.49. The molecule has 12 aromatic rings. The van der Waals surface area contributed by atoms with Crippen molar-refractivity contribution in [2.45, 2.75) is 0 Å². The van der Waals surface area contributed by atoms with Crippen LogP contribution in [0.4, 0.5) is 0 Å². The molecule has 0 atom stereocenters. The lowest BCUT2D eigenvalue weighted by molar-refractivity contribution is 0.599. The lowest BCUT2D eigenvalue weighted by atomic mass is 9.88. The zero-order valence-electron chi connectivity index (χ0n) is 39.5. The molecule has 9 aromatic carbocycles. The number of aromatic nitrogens is 2. The summed E-state index contributed by atoms with van der Waals surface area (Å²) in [5.74, 6) is 1.49. The largest absolute Gasteiger partial charge is 0.455 e. The fraction of sp³-hybridized carbons (Fsp3) is 0. The first kappa shape index (κ1) is 28.3. The second kappa shape index (κ2) is 14.3. The van der Waals surface area contributed by atoms with Crippen molar-refractivity contribution in [3.8, 4) is 67.3 Å². The van der Waals surface area contributed by atoms with Gasteiger partial charge in [0.2, 0.25) is 0 Å². The number of hydrogen-bond acceptors (Lipinski definition) is 3. The third-order valence-electron chi connectivity index (χ3n) is 11.6. The van der Waals surface area contributed by atoms with Crippen molar-refractivity contribution >= 4 is 54.1 Å². The van der Waals surface area contributed by atoms with E-state index in [9.17, 15) is 1.37 Å². The molecule has 3 heterocycles. The molecule has 0 saturated carbocycles. The zero-order valence-corrected chi connectivity index (χ0v) is 32.5. The number of pyridine rings is 2. The SMILES string of the molecule is [2H]c1nc2c(c([2H])c1[2H])c([2H])c([2H])c1c([2H])c([2H])c(-c3ccc(-c4cccc(-c5oc(-c6cc7ccccc7c7ccccc67)c(-c6ccccc6)c5-c5ccccc5)c4)c4ccccc34)nc12. The summed E-state index contributed by atoms with van der Waals surface area (Å²) in [4.78, 5) is 9.13. The molecule has 0 unspecified atom stereocenters. The van der Waals surface area contributed by atoms with Crippen molar-refractivity contribution in [2.24, 2.45) is 0 Å². The Balaban J connectivity index is 1.08. The minimum atomic E-state index is -0.470. The first-order valence-electron chi connectivity index (χ1n) is 23.7. The van der Waals surface area contributed by atoms with Gasteiger partial charge in [-0.1, -0.05) is 188 Å². The number of hydrogen-bond donors (Lipinski definition) is 0. The van der Waals surface area contributed by atoms with E-state index in [1.807, 2.05) is 54.6 Å². The minimum Gasteiger partial charge on any atom is -0.455 e. The molecule has 0 bridgehead atoms. The van der Waals surface area contributed by atoms with Gasteiger partial charge in [-0.25, -0.2) is 4.98 Å². The Bertz CT molecular complexity index is 4060. The van der Waals surface area contributed by atoms with Crippen LogP contribution in [0.3, 0.4) is 0 Å². The van der Waals surface area contributed by atoms with Crippen LogP contribution in [-0.2, 0) is 0 Å². The molecule has 0 aliphatic heterocycles. The lowest BCUT2D eigenvalue weighted by Gasteiger charge is -2.13. The maximum Gasteiger partial charge on any atom is 0.143 e. The molecule has 12 rings (SSSR count). The molecule has 0 radical (unpaired) electrons. The number of fused-ring (bicyclic) bond motifs is 7. The van der Waals surface area contributed by atoms with Crippen LogP contribution >= 0.6 is 0 Å². The molecule has 0 aliphatic carbocycles. The first-order valence-corrected chi connectivity index (χ1v) is 20.2. The van der Waals surface area contributed by atoms with Gasteiger partial charge in [-0.2, -0.15) is 0 Å². The Hall–Kier alpha value is -8.14. The summed E-state index contributed by atoms with van der Waals surface area (Å²) in [6, 6.07) is 57.9. The number of nitrogens with zero attached hydrogens (tertiary/aromatic N) is 2. The summed E-state index contributed by atoms with van der Waals surface area (Å²) in [6.45, 7) is 0. The molecule has 0 aliphatic rings. The topological polar surface area (TPSA) is 38.9 Å². The molecule has 3 aromatic heterocycles. The number of furan rings is 1. The van der Waals surface area contributed by atoms with Gasteiger partial charge < -0.3 is 4.42 Å². The van der Waals surface area contributed by atoms with Crippen LogP contribution < -0.4 is 0 Å². The van der Waals surface area contributed by atoms with Crippen LogP contribution in [0.1, 0.15) is 9.60 Å². The van der Waals surface area contributed by atoms with Crippen LogP contribution in [0.5, 0.6) is 0 Å². The molecule has 61 heavy (non-hydrogen) atoms. The van der Waals surface area contributed by atoms with Gasteiger partial charge in [-0.3, -0.25) is 4.98 Å². The van der Waals surface area contributed by atoms with Gasteiger partial charge in [0, 0.05) is 44.8 Å². The molecule has 0 amide bonds. The van der Waals surface area contributed by atoms with Crippen LogP contribution in [0.25, 0.3) is 121 Å². The van der Waals surface area contributed by atoms with E-state index in [1.165, 1.54) is 5.39 Å². The predicted molar refractivity (Wildman–Crippen MR) is 254 cm³/mol. The maximum absolute atomic E-state index is 9.21. The minimum absolute atomic E-state index is 0.0142. The van der Waals surface area contributed by atoms with E-state index in [1.54, 1.807) is 0 Å². The molecule has 3 nitrogen and oxygen atoms in total. The van der Waals surface area contributed by atoms with Crippen molar-refractivity contribution < 1.29 is 14.0 Å². The van der Waals surface area contributed by atoms with E-state index in [-0.39, 0.29) is 45.6 Å².